The van der Waals surface area contributed by atoms with Crippen molar-refractivity contribution in [3.63, 3.8) is 0 Å². The Morgan fingerprint density at radius 2 is 1.78 bits per heavy atom. The smallest absolute Gasteiger partial charge is 0.387 e. The van der Waals surface area contributed by atoms with Crippen molar-refractivity contribution in [2.24, 2.45) is 0 Å². The summed E-state index contributed by atoms with van der Waals surface area (Å²) in [5.41, 5.74) is 4.58. The number of carbonyl (C=O) groups is 1. The number of aryl methyl sites for hydroxylation is 2. The zero-order chi connectivity index (χ0) is 19.2. The minimum atomic E-state index is -2.85. The molecular formula is C21H24F2N2O2. The summed E-state index contributed by atoms with van der Waals surface area (Å²) in [5, 5.41) is 5.96. The quantitative estimate of drug-likeness (QED) is 0.753. The van der Waals surface area contributed by atoms with Crippen molar-refractivity contribution < 1.29 is 18.3 Å². The lowest BCUT2D eigenvalue weighted by Gasteiger charge is -2.20. The Labute approximate surface area is 157 Å². The average molecular weight is 374 g/mol. The predicted octanol–water partition coefficient (Wildman–Crippen LogP) is 4.46. The molecule has 0 aromatic heterocycles. The zero-order valence-corrected chi connectivity index (χ0v) is 15.3. The minimum Gasteiger partial charge on any atom is -0.435 e. The number of hydrogen-bond donors (Lipinski definition) is 2. The van der Waals surface area contributed by atoms with Gasteiger partial charge in [0.05, 0.1) is 12.6 Å². The van der Waals surface area contributed by atoms with E-state index in [0.29, 0.717) is 5.69 Å². The molecule has 144 valence electrons. The minimum absolute atomic E-state index is 0.0756. The van der Waals surface area contributed by atoms with Crippen LogP contribution in [0.5, 0.6) is 5.75 Å². The molecule has 2 aromatic carbocycles. The maximum Gasteiger partial charge on any atom is 0.387 e. The van der Waals surface area contributed by atoms with Gasteiger partial charge in [0.25, 0.3) is 0 Å². The lowest BCUT2D eigenvalue weighted by atomic mass is 9.89. The summed E-state index contributed by atoms with van der Waals surface area (Å²) in [6, 6.07) is 12.4. The van der Waals surface area contributed by atoms with Crippen LogP contribution in [-0.2, 0) is 17.6 Å². The number of carbonyl (C=O) groups excluding carboxylic acids is 1. The molecule has 6 heteroatoms. The van der Waals surface area contributed by atoms with E-state index in [4.69, 9.17) is 0 Å². The van der Waals surface area contributed by atoms with Crippen LogP contribution in [-0.4, -0.2) is 19.1 Å². The van der Waals surface area contributed by atoms with Gasteiger partial charge in [-0.2, -0.15) is 8.78 Å². The van der Waals surface area contributed by atoms with Crippen molar-refractivity contribution in [3.8, 4) is 5.75 Å². The van der Waals surface area contributed by atoms with Gasteiger partial charge in [-0.15, -0.1) is 0 Å². The van der Waals surface area contributed by atoms with Gasteiger partial charge in [-0.25, -0.2) is 0 Å². The van der Waals surface area contributed by atoms with E-state index in [1.54, 1.807) is 12.1 Å². The first-order valence-electron chi connectivity index (χ1n) is 9.21. The van der Waals surface area contributed by atoms with Gasteiger partial charge < -0.3 is 15.4 Å². The topological polar surface area (TPSA) is 50.4 Å². The molecule has 1 amide bonds. The number of benzene rings is 2. The summed E-state index contributed by atoms with van der Waals surface area (Å²) in [4.78, 5) is 12.2. The Morgan fingerprint density at radius 1 is 1.07 bits per heavy atom. The van der Waals surface area contributed by atoms with Gasteiger partial charge in [0, 0.05) is 5.69 Å². The number of anilines is 1. The SMILES string of the molecule is CC(NC(=O)CNc1ccc(OC(F)F)cc1)c1ccc2c(c1)CCCC2. The Kier molecular flexibility index (Phi) is 6.27. The van der Waals surface area contributed by atoms with Crippen molar-refractivity contribution in [2.45, 2.75) is 45.3 Å². The molecule has 27 heavy (non-hydrogen) atoms. The Hall–Kier alpha value is -2.63. The maximum atomic E-state index is 12.2. The molecule has 0 aliphatic heterocycles. The van der Waals surface area contributed by atoms with Crippen molar-refractivity contribution in [1.82, 2.24) is 5.32 Å². The van der Waals surface area contributed by atoms with Crippen LogP contribution in [0, 0.1) is 0 Å². The Bertz CT molecular complexity index is 778. The molecule has 2 aromatic rings. The molecule has 0 saturated heterocycles. The lowest BCUT2D eigenvalue weighted by Crippen LogP contribution is -2.32. The van der Waals surface area contributed by atoms with E-state index in [-0.39, 0.29) is 24.2 Å². The molecule has 3 rings (SSSR count). The molecule has 0 heterocycles. The van der Waals surface area contributed by atoms with E-state index < -0.39 is 6.61 Å². The second-order valence-corrected chi connectivity index (χ2v) is 6.78. The average Bonchev–Trinajstić information content (AvgIpc) is 2.66. The third-order valence-corrected chi connectivity index (χ3v) is 4.78. The van der Waals surface area contributed by atoms with Crippen LogP contribution in [0.1, 0.15) is 42.5 Å². The van der Waals surface area contributed by atoms with Crippen LogP contribution in [0.25, 0.3) is 0 Å². The summed E-state index contributed by atoms with van der Waals surface area (Å²) < 4.78 is 28.6. The van der Waals surface area contributed by atoms with Crippen LogP contribution in [0.15, 0.2) is 42.5 Å². The van der Waals surface area contributed by atoms with Crippen molar-refractivity contribution in [2.75, 3.05) is 11.9 Å². The summed E-state index contributed by atoms with van der Waals surface area (Å²) in [6.45, 7) is -0.775. The summed E-state index contributed by atoms with van der Waals surface area (Å²) in [6.07, 6.45) is 4.72. The standard InChI is InChI=1S/C21H24F2N2O2/c1-14(16-7-6-15-4-2-3-5-17(15)12-16)25-20(26)13-24-18-8-10-19(11-9-18)27-21(22)23/h6-12,14,21,24H,2-5,13H2,1H3,(H,25,26). The van der Waals surface area contributed by atoms with Gasteiger partial charge in [-0.1, -0.05) is 18.2 Å². The van der Waals surface area contributed by atoms with Gasteiger partial charge in [0.1, 0.15) is 5.75 Å². The number of ether oxygens (including phenoxy) is 1. The molecule has 1 atom stereocenters. The van der Waals surface area contributed by atoms with E-state index in [2.05, 4.69) is 33.6 Å². The van der Waals surface area contributed by atoms with Crippen LogP contribution < -0.4 is 15.4 Å². The van der Waals surface area contributed by atoms with Gasteiger partial charge >= 0.3 is 6.61 Å². The summed E-state index contributed by atoms with van der Waals surface area (Å²) >= 11 is 0. The van der Waals surface area contributed by atoms with E-state index in [1.165, 1.54) is 36.1 Å². The van der Waals surface area contributed by atoms with E-state index >= 15 is 0 Å². The third kappa shape index (κ3) is 5.42. The van der Waals surface area contributed by atoms with E-state index in [9.17, 15) is 13.6 Å². The van der Waals surface area contributed by atoms with Gasteiger partial charge in [-0.3, -0.25) is 4.79 Å². The monoisotopic (exact) mass is 374 g/mol. The second kappa shape index (κ2) is 8.84. The number of amides is 1. The fourth-order valence-corrected chi connectivity index (χ4v) is 3.34. The van der Waals surface area contributed by atoms with E-state index in [0.717, 1.165) is 18.4 Å². The molecule has 0 spiro atoms. The number of halogens is 2. The first-order chi connectivity index (χ1) is 13.0. The zero-order valence-electron chi connectivity index (χ0n) is 15.3. The first-order valence-corrected chi connectivity index (χ1v) is 9.21. The number of alkyl halides is 2. The molecule has 0 saturated carbocycles. The van der Waals surface area contributed by atoms with Crippen molar-refractivity contribution in [3.05, 3.63) is 59.2 Å². The highest BCUT2D eigenvalue weighted by Crippen LogP contribution is 2.24. The largest absolute Gasteiger partial charge is 0.435 e. The van der Waals surface area contributed by atoms with Gasteiger partial charge in [-0.05, 0) is 73.6 Å². The van der Waals surface area contributed by atoms with Gasteiger partial charge in [0.2, 0.25) is 5.91 Å². The van der Waals surface area contributed by atoms with Crippen molar-refractivity contribution in [1.29, 1.82) is 0 Å². The highest BCUT2D eigenvalue weighted by molar-refractivity contribution is 5.81. The van der Waals surface area contributed by atoms with Crippen LogP contribution in [0.2, 0.25) is 0 Å². The second-order valence-electron chi connectivity index (χ2n) is 6.78. The number of fused-ring (bicyclic) bond motifs is 1. The Morgan fingerprint density at radius 3 is 2.48 bits per heavy atom. The van der Waals surface area contributed by atoms with Crippen molar-refractivity contribution >= 4 is 11.6 Å². The fraction of sp³-hybridized carbons (Fsp3) is 0.381. The highest BCUT2D eigenvalue weighted by Gasteiger charge is 2.14. The molecule has 1 aliphatic carbocycles. The number of hydrogen-bond acceptors (Lipinski definition) is 3. The number of nitrogens with one attached hydrogen (secondary N) is 2. The number of rotatable bonds is 7. The normalized spacial score (nSPS) is 14.4. The lowest BCUT2D eigenvalue weighted by molar-refractivity contribution is -0.120. The first kappa shape index (κ1) is 19.1. The molecular weight excluding hydrogens is 350 g/mol. The molecule has 0 fully saturated rings. The molecule has 1 aliphatic rings. The summed E-state index contributed by atoms with van der Waals surface area (Å²) in [7, 11) is 0. The highest BCUT2D eigenvalue weighted by atomic mass is 19.3. The molecule has 0 radical (unpaired) electrons. The Balaban J connectivity index is 1.50. The van der Waals surface area contributed by atoms with Crippen LogP contribution >= 0.6 is 0 Å². The third-order valence-electron chi connectivity index (χ3n) is 4.78. The molecule has 2 N–H and O–H groups in total. The van der Waals surface area contributed by atoms with E-state index in [1.807, 2.05) is 6.92 Å². The molecule has 4 nitrogen and oxygen atoms in total. The fourth-order valence-electron chi connectivity index (χ4n) is 3.34. The van der Waals surface area contributed by atoms with Crippen LogP contribution in [0.3, 0.4) is 0 Å². The van der Waals surface area contributed by atoms with Gasteiger partial charge in [0.15, 0.2) is 0 Å². The van der Waals surface area contributed by atoms with Crippen LogP contribution in [0.4, 0.5) is 14.5 Å². The molecule has 1 unspecified atom stereocenters. The predicted molar refractivity (Wildman–Crippen MR) is 101 cm³/mol. The molecule has 0 bridgehead atoms. The maximum absolute atomic E-state index is 12.2. The summed E-state index contributed by atoms with van der Waals surface area (Å²) in [5.74, 6) is -0.0471.